The molecule has 0 bridgehead atoms. The summed E-state index contributed by atoms with van der Waals surface area (Å²) in [5.41, 5.74) is 0. The first kappa shape index (κ1) is 16.0. The second-order valence-corrected chi connectivity index (χ2v) is 3.85. The number of hydrogen-bond donors (Lipinski definition) is 0. The smallest absolute Gasteiger partial charge is 0.0701 e. The lowest BCUT2D eigenvalue weighted by molar-refractivity contribution is 0.00553. The summed E-state index contributed by atoms with van der Waals surface area (Å²) in [5.74, 6) is 0.0279. The fourth-order valence-corrected chi connectivity index (χ4v) is 1.07. The van der Waals surface area contributed by atoms with E-state index in [1.807, 2.05) is 0 Å². The normalized spacial score (nSPS) is 12.9. The van der Waals surface area contributed by atoms with E-state index in [1.54, 1.807) is 7.11 Å². The molecule has 6 nitrogen and oxygen atoms in total. The van der Waals surface area contributed by atoms with Crippen LogP contribution in [0.3, 0.4) is 0 Å². The molecule has 0 aromatic rings. The van der Waals surface area contributed by atoms with Crippen molar-refractivity contribution < 1.29 is 27.7 Å². The third-order valence-corrected chi connectivity index (χ3v) is 2.07. The van der Waals surface area contributed by atoms with Gasteiger partial charge in [-0.05, 0) is 0 Å². The predicted octanol–water partition coefficient (Wildman–Crippen LogP) is -0.438. The van der Waals surface area contributed by atoms with Crippen molar-refractivity contribution in [3.05, 3.63) is 0 Å². The largest absolute Gasteiger partial charge is 0.772 e. The van der Waals surface area contributed by atoms with E-state index in [2.05, 4.69) is 0 Å². The second-order valence-electron chi connectivity index (χ2n) is 2.84. The van der Waals surface area contributed by atoms with E-state index in [0.29, 0.717) is 39.6 Å². The molecule has 0 saturated carbocycles. The van der Waals surface area contributed by atoms with E-state index in [9.17, 15) is 8.76 Å². The highest BCUT2D eigenvalue weighted by atomic mass is 32.2. The van der Waals surface area contributed by atoms with E-state index in [1.165, 1.54) is 0 Å². The quantitative estimate of drug-likeness (QED) is 0.347. The Morgan fingerprint density at radius 2 is 1.31 bits per heavy atom. The van der Waals surface area contributed by atoms with Gasteiger partial charge in [0.1, 0.15) is 0 Å². The zero-order valence-corrected chi connectivity index (χ0v) is 10.3. The van der Waals surface area contributed by atoms with Crippen LogP contribution in [0.4, 0.5) is 0 Å². The maximum absolute atomic E-state index is 10.1. The molecule has 1 unspecified atom stereocenters. The minimum Gasteiger partial charge on any atom is -0.772 e. The molecule has 0 amide bonds. The topological polar surface area (TPSA) is 77.0 Å². The summed E-state index contributed by atoms with van der Waals surface area (Å²) in [6, 6.07) is 0. The average molecular weight is 255 g/mol. The zero-order chi connectivity index (χ0) is 12.1. The molecular formula is C9H19O6S-. The van der Waals surface area contributed by atoms with Gasteiger partial charge < -0.3 is 23.5 Å². The Morgan fingerprint density at radius 1 is 0.875 bits per heavy atom. The van der Waals surface area contributed by atoms with Gasteiger partial charge in [-0.3, -0.25) is 4.21 Å². The average Bonchev–Trinajstić information content (AvgIpc) is 2.25. The van der Waals surface area contributed by atoms with Gasteiger partial charge in [0.25, 0.3) is 0 Å². The third kappa shape index (κ3) is 13.9. The number of rotatable bonds is 12. The lowest BCUT2D eigenvalue weighted by Gasteiger charge is -2.07. The van der Waals surface area contributed by atoms with Crippen LogP contribution < -0.4 is 0 Å². The third-order valence-electron chi connectivity index (χ3n) is 1.57. The molecule has 0 saturated heterocycles. The minimum atomic E-state index is -2.03. The molecule has 0 aliphatic carbocycles. The van der Waals surface area contributed by atoms with Gasteiger partial charge in [0.15, 0.2) is 0 Å². The van der Waals surface area contributed by atoms with Crippen LogP contribution in [0.1, 0.15) is 0 Å². The summed E-state index contributed by atoms with van der Waals surface area (Å²) in [5, 5.41) is 0. The summed E-state index contributed by atoms with van der Waals surface area (Å²) in [6.07, 6.45) is 0. The molecule has 0 heterocycles. The molecule has 0 spiro atoms. The Hall–Kier alpha value is -0.0500. The Kier molecular flexibility index (Phi) is 13.0. The van der Waals surface area contributed by atoms with Crippen LogP contribution in [0.5, 0.6) is 0 Å². The monoisotopic (exact) mass is 255 g/mol. The Morgan fingerprint density at radius 3 is 1.75 bits per heavy atom. The van der Waals surface area contributed by atoms with Gasteiger partial charge in [-0.2, -0.15) is 0 Å². The fraction of sp³-hybridized carbons (Fsp3) is 1.00. The van der Waals surface area contributed by atoms with E-state index in [4.69, 9.17) is 18.9 Å². The van der Waals surface area contributed by atoms with E-state index >= 15 is 0 Å². The number of ether oxygens (including phenoxy) is 4. The molecular weight excluding hydrogens is 236 g/mol. The Balaban J connectivity index is 2.90. The van der Waals surface area contributed by atoms with Crippen LogP contribution in [0, 0.1) is 0 Å². The standard InChI is InChI=1S/C9H20O6S/c1-12-2-3-13-4-5-14-6-7-15-8-9-16(10)11/h2-9H2,1H3,(H,10,11)/p-1. The maximum Gasteiger partial charge on any atom is 0.0701 e. The van der Waals surface area contributed by atoms with Gasteiger partial charge >= 0.3 is 0 Å². The highest BCUT2D eigenvalue weighted by Gasteiger charge is 1.91. The summed E-state index contributed by atoms with van der Waals surface area (Å²) in [7, 11) is 1.62. The molecule has 0 radical (unpaired) electrons. The molecule has 0 fully saturated rings. The van der Waals surface area contributed by atoms with Crippen molar-refractivity contribution in [1.29, 1.82) is 0 Å². The van der Waals surface area contributed by atoms with Gasteiger partial charge in [-0.15, -0.1) is 0 Å². The molecule has 0 aromatic heterocycles. The zero-order valence-electron chi connectivity index (χ0n) is 9.51. The second kappa shape index (κ2) is 13.0. The number of methoxy groups -OCH3 is 1. The highest BCUT2D eigenvalue weighted by molar-refractivity contribution is 7.79. The van der Waals surface area contributed by atoms with Crippen molar-refractivity contribution >= 4 is 11.1 Å². The Labute approximate surface area is 98.5 Å². The summed E-state index contributed by atoms with van der Waals surface area (Å²) < 4.78 is 40.4. The van der Waals surface area contributed by atoms with E-state index < -0.39 is 11.1 Å². The van der Waals surface area contributed by atoms with Gasteiger partial charge in [0, 0.05) is 12.9 Å². The van der Waals surface area contributed by atoms with Crippen molar-refractivity contribution in [3.63, 3.8) is 0 Å². The van der Waals surface area contributed by atoms with Crippen molar-refractivity contribution in [2.24, 2.45) is 0 Å². The van der Waals surface area contributed by atoms with Crippen LogP contribution in [-0.4, -0.2) is 67.9 Å². The Bertz CT molecular complexity index is 166. The molecule has 1 atom stereocenters. The van der Waals surface area contributed by atoms with Crippen LogP contribution in [0.15, 0.2) is 0 Å². The summed E-state index contributed by atoms with van der Waals surface area (Å²) in [4.78, 5) is 0. The first-order valence-electron chi connectivity index (χ1n) is 5.05. The van der Waals surface area contributed by atoms with Crippen LogP contribution in [0.25, 0.3) is 0 Å². The molecule has 0 aliphatic heterocycles. The highest BCUT2D eigenvalue weighted by Crippen LogP contribution is 1.82. The lowest BCUT2D eigenvalue weighted by Crippen LogP contribution is -2.13. The first-order valence-corrected chi connectivity index (χ1v) is 6.29. The molecule has 0 rings (SSSR count). The van der Waals surface area contributed by atoms with Crippen LogP contribution in [-0.2, 0) is 30.0 Å². The number of hydrogen-bond acceptors (Lipinski definition) is 6. The molecule has 0 N–H and O–H groups in total. The SMILES string of the molecule is COCCOCCOCCOCCS(=O)[O-]. The van der Waals surface area contributed by atoms with E-state index in [0.717, 1.165) is 0 Å². The van der Waals surface area contributed by atoms with Crippen molar-refractivity contribution in [2.45, 2.75) is 0 Å². The summed E-state index contributed by atoms with van der Waals surface area (Å²) in [6.45, 7) is 3.22. The lowest BCUT2D eigenvalue weighted by atomic mass is 10.7. The molecule has 7 heteroatoms. The molecule has 0 aromatic carbocycles. The van der Waals surface area contributed by atoms with Gasteiger partial charge in [-0.25, -0.2) is 0 Å². The van der Waals surface area contributed by atoms with Crippen LogP contribution >= 0.6 is 0 Å². The molecule has 16 heavy (non-hydrogen) atoms. The van der Waals surface area contributed by atoms with E-state index in [-0.39, 0.29) is 12.4 Å². The van der Waals surface area contributed by atoms with Gasteiger partial charge in [-0.1, -0.05) is 11.1 Å². The fourth-order valence-electron chi connectivity index (χ4n) is 0.811. The molecule has 0 aliphatic rings. The van der Waals surface area contributed by atoms with Gasteiger partial charge in [0.05, 0.1) is 46.2 Å². The molecule has 98 valence electrons. The maximum atomic E-state index is 10.1. The van der Waals surface area contributed by atoms with Gasteiger partial charge in [0.2, 0.25) is 0 Å². The predicted molar refractivity (Wildman–Crippen MR) is 58.1 cm³/mol. The summed E-state index contributed by atoms with van der Waals surface area (Å²) >= 11 is -2.03. The first-order chi connectivity index (χ1) is 7.77. The van der Waals surface area contributed by atoms with Crippen LogP contribution in [0.2, 0.25) is 0 Å². The van der Waals surface area contributed by atoms with Crippen molar-refractivity contribution in [3.8, 4) is 0 Å². The van der Waals surface area contributed by atoms with Crippen molar-refractivity contribution in [1.82, 2.24) is 0 Å². The minimum absolute atomic E-state index is 0.0279. The van der Waals surface area contributed by atoms with Crippen molar-refractivity contribution in [2.75, 3.05) is 59.1 Å².